The normalized spacial score (nSPS) is 18.7. The van der Waals surface area contributed by atoms with Crippen LogP contribution >= 0.6 is 11.6 Å². The van der Waals surface area contributed by atoms with E-state index in [-0.39, 0.29) is 5.03 Å². The first-order valence-electron chi connectivity index (χ1n) is 14.6. The van der Waals surface area contributed by atoms with Crippen LogP contribution in [0, 0.1) is 0 Å². The quantitative estimate of drug-likeness (QED) is 0.121. The van der Waals surface area contributed by atoms with Crippen LogP contribution in [0.2, 0.25) is 0 Å². The maximum Gasteiger partial charge on any atom is 0.237 e. The molecule has 0 unspecified atom stereocenters. The highest BCUT2D eigenvalue weighted by atomic mass is 35.5. The number of benzene rings is 4. The van der Waals surface area contributed by atoms with Crippen LogP contribution in [0.3, 0.4) is 0 Å². The van der Waals surface area contributed by atoms with Gasteiger partial charge in [-0.15, -0.1) is 0 Å². The molecule has 0 fully saturated rings. The van der Waals surface area contributed by atoms with Gasteiger partial charge in [-0.25, -0.2) is 16.8 Å². The molecule has 2 aliphatic heterocycles. The maximum absolute atomic E-state index is 12.0. The summed E-state index contributed by atoms with van der Waals surface area (Å²) >= 11 is 6.72. The van der Waals surface area contributed by atoms with Crippen LogP contribution in [0.4, 0.5) is 11.4 Å². The van der Waals surface area contributed by atoms with Crippen LogP contribution in [0.15, 0.2) is 108 Å². The molecule has 8 nitrogen and oxygen atoms in total. The minimum absolute atomic E-state index is 0.267. The molecule has 0 saturated carbocycles. The van der Waals surface area contributed by atoms with Gasteiger partial charge < -0.3 is 14.0 Å². The van der Waals surface area contributed by atoms with Crippen molar-refractivity contribution in [3.63, 3.8) is 0 Å². The number of anilines is 1. The number of rotatable bonds is 7. The van der Waals surface area contributed by atoms with Crippen LogP contribution in [0.5, 0.6) is 0 Å². The molecule has 0 amide bonds. The number of halogens is 1. The van der Waals surface area contributed by atoms with E-state index in [0.29, 0.717) is 22.8 Å². The average molecular weight is 676 g/mol. The van der Waals surface area contributed by atoms with E-state index in [1.54, 1.807) is 24.3 Å². The zero-order valence-electron chi connectivity index (χ0n) is 25.7. The third-order valence-corrected chi connectivity index (χ3v) is 10.3. The Hall–Kier alpha value is -3.80. The number of nitrogens with zero attached hydrogens (tertiary/aromatic N) is 2. The van der Waals surface area contributed by atoms with E-state index in [4.69, 9.17) is 11.6 Å². The molecule has 0 atom stereocenters. The van der Waals surface area contributed by atoms with E-state index >= 15 is 0 Å². The lowest BCUT2D eigenvalue weighted by atomic mass is 9.79. The summed E-state index contributed by atoms with van der Waals surface area (Å²) in [5, 5.41) is 4.16. The summed E-state index contributed by atoms with van der Waals surface area (Å²) < 4.78 is 73.6. The molecule has 0 bridgehead atoms. The predicted octanol–water partition coefficient (Wildman–Crippen LogP) is 6.74. The molecule has 0 saturated heterocycles. The third kappa shape index (κ3) is 5.69. The lowest BCUT2D eigenvalue weighted by Gasteiger charge is -2.27. The fraction of sp³-hybridized carbons (Fsp3) is 0.229. The van der Waals surface area contributed by atoms with Gasteiger partial charge in [0.25, 0.3) is 0 Å². The van der Waals surface area contributed by atoms with E-state index in [1.807, 2.05) is 100 Å². The monoisotopic (exact) mass is 675 g/mol. The molecule has 238 valence electrons. The standard InChI is InChI=1S/C35H33ClN2O6S2/c1-34(2)30(37(21-45(39,40)41)28-17-13-23-9-5-7-11-26(23)32(28)34)19-15-25(36)16-20-31-35(3,4)33-27-12-8-6-10-24(27)14-18-29(33)38(31)22-46(42,43)44/h5-20H,21-22H2,1-4H3,(H-,39,40,41,42,43,44)/p-1. The Labute approximate surface area is 274 Å². The summed E-state index contributed by atoms with van der Waals surface area (Å²) in [5.41, 5.74) is 2.89. The van der Waals surface area contributed by atoms with Gasteiger partial charge in [-0.2, -0.15) is 4.58 Å². The minimum Gasteiger partial charge on any atom is -0.747 e. The Balaban J connectivity index is 1.44. The number of fused-ring (bicyclic) bond motifs is 6. The van der Waals surface area contributed by atoms with Gasteiger partial charge in [0.15, 0.2) is 15.8 Å². The Kier molecular flexibility index (Phi) is 7.81. The van der Waals surface area contributed by atoms with Crippen molar-refractivity contribution in [2.45, 2.75) is 38.5 Å². The molecule has 0 aromatic heterocycles. The maximum atomic E-state index is 12.0. The fourth-order valence-corrected chi connectivity index (χ4v) is 8.35. The van der Waals surface area contributed by atoms with Crippen molar-refractivity contribution in [1.82, 2.24) is 0 Å². The first-order chi connectivity index (χ1) is 21.5. The second kappa shape index (κ2) is 11.2. The summed E-state index contributed by atoms with van der Waals surface area (Å²) in [4.78, 5) is 1.52. The number of hydrogen-bond donors (Lipinski definition) is 0. The molecule has 0 radical (unpaired) electrons. The van der Waals surface area contributed by atoms with Crippen LogP contribution in [0.1, 0.15) is 38.8 Å². The number of allylic oxidation sites excluding steroid dienone is 6. The first-order valence-corrected chi connectivity index (χ1v) is 18.1. The second-order valence-electron chi connectivity index (χ2n) is 12.7. The molecule has 46 heavy (non-hydrogen) atoms. The summed E-state index contributed by atoms with van der Waals surface area (Å²) in [5.74, 6) is -1.49. The van der Waals surface area contributed by atoms with E-state index in [0.717, 1.165) is 32.7 Å². The topological polar surface area (TPSA) is 121 Å². The zero-order chi connectivity index (χ0) is 33.2. The summed E-state index contributed by atoms with van der Waals surface area (Å²) in [7, 11) is -9.28. The van der Waals surface area contributed by atoms with E-state index in [9.17, 15) is 25.9 Å². The van der Waals surface area contributed by atoms with E-state index < -0.39 is 42.8 Å². The van der Waals surface area contributed by atoms with Gasteiger partial charge >= 0.3 is 0 Å². The molecular weight excluding hydrogens is 644 g/mol. The summed E-state index contributed by atoms with van der Waals surface area (Å²) in [6.07, 6.45) is 6.65. The molecule has 11 heteroatoms. The lowest BCUT2D eigenvalue weighted by molar-refractivity contribution is -0.416. The van der Waals surface area contributed by atoms with Crippen molar-refractivity contribution in [2.24, 2.45) is 0 Å². The number of hydrogen-bond acceptors (Lipinski definition) is 7. The Morgan fingerprint density at radius 2 is 1.39 bits per heavy atom. The van der Waals surface area contributed by atoms with Gasteiger partial charge in [-0.3, -0.25) is 0 Å². The molecular formula is C35H32ClN2O6S2-. The van der Waals surface area contributed by atoms with Gasteiger partial charge in [-0.1, -0.05) is 80.0 Å². The average Bonchev–Trinajstić information content (AvgIpc) is 3.31. The van der Waals surface area contributed by atoms with Crippen LogP contribution in [-0.4, -0.2) is 48.0 Å². The van der Waals surface area contributed by atoms with Gasteiger partial charge in [0.05, 0.1) is 5.41 Å². The van der Waals surface area contributed by atoms with Crippen LogP contribution in [-0.2, 0) is 31.1 Å². The third-order valence-electron chi connectivity index (χ3n) is 8.88. The highest BCUT2D eigenvalue weighted by molar-refractivity contribution is 7.85. The molecule has 6 rings (SSSR count). The lowest BCUT2D eigenvalue weighted by Crippen LogP contribution is -2.30. The van der Waals surface area contributed by atoms with Crippen molar-refractivity contribution >= 4 is 70.5 Å². The van der Waals surface area contributed by atoms with Crippen molar-refractivity contribution < 1.29 is 30.5 Å². The van der Waals surface area contributed by atoms with Gasteiger partial charge in [0.1, 0.15) is 16.0 Å². The fourth-order valence-electron chi connectivity index (χ4n) is 7.04. The predicted molar refractivity (Wildman–Crippen MR) is 182 cm³/mol. The van der Waals surface area contributed by atoms with Crippen molar-refractivity contribution in [3.8, 4) is 0 Å². The van der Waals surface area contributed by atoms with Gasteiger partial charge in [0, 0.05) is 39.5 Å². The second-order valence-corrected chi connectivity index (χ2v) is 15.8. The molecule has 4 aromatic carbocycles. The van der Waals surface area contributed by atoms with E-state index in [2.05, 4.69) is 0 Å². The van der Waals surface area contributed by atoms with Crippen molar-refractivity contribution in [2.75, 3.05) is 16.7 Å². The first kappa shape index (κ1) is 32.2. The van der Waals surface area contributed by atoms with Crippen LogP contribution < -0.4 is 4.90 Å². The molecule has 0 aliphatic carbocycles. The minimum atomic E-state index is -4.64. The summed E-state index contributed by atoms with van der Waals surface area (Å²) in [6, 6.07) is 23.1. The van der Waals surface area contributed by atoms with Gasteiger partial charge in [-0.05, 0) is 71.3 Å². The van der Waals surface area contributed by atoms with Gasteiger partial charge in [0.2, 0.25) is 11.6 Å². The Morgan fingerprint density at radius 3 is 2.00 bits per heavy atom. The molecule has 0 spiro atoms. The molecule has 2 aliphatic rings. The Morgan fingerprint density at radius 1 is 0.804 bits per heavy atom. The molecule has 4 aromatic rings. The highest BCUT2D eigenvalue weighted by Crippen LogP contribution is 2.51. The Bertz CT molecular complexity index is 2280. The zero-order valence-corrected chi connectivity index (χ0v) is 28.1. The molecule has 2 heterocycles. The largest absolute Gasteiger partial charge is 0.747 e. The van der Waals surface area contributed by atoms with Crippen molar-refractivity contribution in [1.29, 1.82) is 0 Å². The highest BCUT2D eigenvalue weighted by Gasteiger charge is 2.46. The smallest absolute Gasteiger partial charge is 0.237 e. The SMILES string of the molecule is CC1(C)C(=CC=C(Cl)C=CC2=[N+](CS(=O)(=O)[O-])c3ccc4ccccc4c3C2(C)C)N(CS(=O)(=O)[O-])c2ccc3ccccc3c21. The van der Waals surface area contributed by atoms with Crippen LogP contribution in [0.25, 0.3) is 21.5 Å². The van der Waals surface area contributed by atoms with Crippen molar-refractivity contribution in [3.05, 3.63) is 119 Å². The van der Waals surface area contributed by atoms with E-state index in [1.165, 1.54) is 9.48 Å². The molecule has 0 N–H and O–H groups in total. The summed E-state index contributed by atoms with van der Waals surface area (Å²) in [6.45, 7) is 7.88.